The zero-order valence-corrected chi connectivity index (χ0v) is 36.4. The van der Waals surface area contributed by atoms with Gasteiger partial charge in [-0.3, -0.25) is 9.59 Å². The van der Waals surface area contributed by atoms with E-state index in [2.05, 4.69) is 6.92 Å². The summed E-state index contributed by atoms with van der Waals surface area (Å²) in [4.78, 5) is 24.1. The third kappa shape index (κ3) is 17.3. The van der Waals surface area contributed by atoms with Crippen molar-refractivity contribution in [3.05, 3.63) is 0 Å². The van der Waals surface area contributed by atoms with Gasteiger partial charge in [0.2, 0.25) is 0 Å². The van der Waals surface area contributed by atoms with E-state index in [9.17, 15) is 72.5 Å². The van der Waals surface area contributed by atoms with Gasteiger partial charge >= 0.3 is 36.6 Å². The van der Waals surface area contributed by atoms with Gasteiger partial charge in [-0.25, -0.2) is 0 Å². The second-order valence-electron chi connectivity index (χ2n) is 17.6. The van der Waals surface area contributed by atoms with Crippen LogP contribution in [-0.2, 0) is 19.1 Å². The molecule has 0 heterocycles. The molecule has 60 heavy (non-hydrogen) atoms. The third-order valence-electron chi connectivity index (χ3n) is 12.0. The van der Waals surface area contributed by atoms with Crippen molar-refractivity contribution in [2.75, 3.05) is 6.61 Å². The van der Waals surface area contributed by atoms with Gasteiger partial charge in [0.25, 0.3) is 11.2 Å². The summed E-state index contributed by atoms with van der Waals surface area (Å²) < 4.78 is 170. The molecule has 1 aliphatic carbocycles. The maximum atomic E-state index is 13.3. The molecule has 1 fully saturated rings. The molecule has 0 spiro atoms. The number of hydrogen-bond donors (Lipinski definition) is 2. The van der Waals surface area contributed by atoms with Gasteiger partial charge in [-0.1, -0.05) is 117 Å². The van der Waals surface area contributed by atoms with Crippen LogP contribution < -0.4 is 0 Å². The van der Waals surface area contributed by atoms with Gasteiger partial charge in [-0.2, -0.15) is 52.7 Å². The first-order valence-electron chi connectivity index (χ1n) is 21.4. The normalized spacial score (nSPS) is 18.8. The molecular formula is C42H70F12O6. The molecule has 2 atom stereocenters. The number of carbonyl (C=O) groups excluding carboxylic acids is 2. The minimum Gasteiger partial charge on any atom is -0.465 e. The molecule has 0 amide bonds. The molecule has 18 heteroatoms. The summed E-state index contributed by atoms with van der Waals surface area (Å²) in [5.41, 5.74) is -13.3. The quantitative estimate of drug-likeness (QED) is 0.0569. The zero-order valence-electron chi connectivity index (χ0n) is 36.4. The van der Waals surface area contributed by atoms with E-state index in [1.807, 2.05) is 20.8 Å². The van der Waals surface area contributed by atoms with E-state index in [-0.39, 0.29) is 17.8 Å². The number of carbonyl (C=O) groups is 2. The van der Waals surface area contributed by atoms with Crippen molar-refractivity contribution in [3.8, 4) is 0 Å². The summed E-state index contributed by atoms with van der Waals surface area (Å²) in [6.07, 6.45) is -11.3. The van der Waals surface area contributed by atoms with Crippen molar-refractivity contribution >= 4 is 11.9 Å². The van der Waals surface area contributed by atoms with E-state index < -0.39 is 84.5 Å². The van der Waals surface area contributed by atoms with Crippen LogP contribution in [0.1, 0.15) is 183 Å². The van der Waals surface area contributed by atoms with Crippen LogP contribution in [0.3, 0.4) is 0 Å². The summed E-state index contributed by atoms with van der Waals surface area (Å²) in [5, 5.41) is 19.2. The molecule has 0 aromatic heterocycles. The topological polar surface area (TPSA) is 93.1 Å². The minimum atomic E-state index is -6.58. The smallest absolute Gasteiger partial charge is 0.426 e. The molecule has 0 saturated heterocycles. The molecule has 0 aromatic rings. The third-order valence-corrected chi connectivity index (χ3v) is 12.0. The van der Waals surface area contributed by atoms with E-state index in [1.54, 1.807) is 0 Å². The van der Waals surface area contributed by atoms with E-state index in [0.717, 1.165) is 12.8 Å². The first kappa shape index (κ1) is 58.0. The molecule has 0 radical (unpaired) electrons. The Bertz CT molecular complexity index is 1150. The largest absolute Gasteiger partial charge is 0.465 e. The standard InChI is InChI=1S/C24H48O2.C18H22F12O4/c1-5-7-8-9-10-11-12-13-14-15-16-17-18-19-20-21-22-26-23(25)24(3,4)6-2;1-4-12(2,3)11(31)34-10-6-8(13(32,15(19,20)21)16(22,23)24)5-9(7-10)14(33,17(25,26)27)18(28,29)30/h5-22H2,1-4H3;8-10,32-33H,4-7H2,1-3H3. The Morgan fingerprint density at radius 3 is 1.03 bits per heavy atom. The number of unbranched alkanes of at least 4 members (excludes halogenated alkanes) is 15. The molecule has 358 valence electrons. The fourth-order valence-corrected chi connectivity index (χ4v) is 6.90. The molecular weight excluding hydrogens is 828 g/mol. The van der Waals surface area contributed by atoms with Crippen LogP contribution in [0, 0.1) is 22.7 Å². The van der Waals surface area contributed by atoms with Crippen LogP contribution in [0.2, 0.25) is 0 Å². The summed E-state index contributed by atoms with van der Waals surface area (Å²) in [6, 6.07) is 0. The van der Waals surface area contributed by atoms with Gasteiger partial charge in [0.15, 0.2) is 0 Å². The summed E-state index contributed by atoms with van der Waals surface area (Å²) in [7, 11) is 0. The molecule has 0 aromatic carbocycles. The molecule has 1 rings (SSSR count). The predicted octanol–water partition coefficient (Wildman–Crippen LogP) is 13.7. The van der Waals surface area contributed by atoms with E-state index in [4.69, 9.17) is 9.47 Å². The Kier molecular flexibility index (Phi) is 23.9. The lowest BCUT2D eigenvalue weighted by Crippen LogP contribution is -2.67. The van der Waals surface area contributed by atoms with Crippen molar-refractivity contribution in [3.63, 3.8) is 0 Å². The highest BCUT2D eigenvalue weighted by molar-refractivity contribution is 5.76. The highest BCUT2D eigenvalue weighted by Crippen LogP contribution is 2.58. The fraction of sp³-hybridized carbons (Fsp3) is 0.952. The second kappa shape index (κ2) is 24.8. The summed E-state index contributed by atoms with van der Waals surface area (Å²) >= 11 is 0. The van der Waals surface area contributed by atoms with Crippen LogP contribution in [0.25, 0.3) is 0 Å². The van der Waals surface area contributed by atoms with Crippen molar-refractivity contribution < 1.29 is 82.0 Å². The van der Waals surface area contributed by atoms with Crippen molar-refractivity contribution in [1.29, 1.82) is 0 Å². The van der Waals surface area contributed by atoms with Gasteiger partial charge < -0.3 is 19.7 Å². The van der Waals surface area contributed by atoms with Gasteiger partial charge in [0.1, 0.15) is 6.10 Å². The van der Waals surface area contributed by atoms with Crippen molar-refractivity contribution in [2.45, 2.75) is 225 Å². The predicted molar refractivity (Wildman–Crippen MR) is 203 cm³/mol. The highest BCUT2D eigenvalue weighted by Gasteiger charge is 2.78. The lowest BCUT2D eigenvalue weighted by Gasteiger charge is -2.48. The van der Waals surface area contributed by atoms with E-state index in [0.29, 0.717) is 6.61 Å². The summed E-state index contributed by atoms with van der Waals surface area (Å²) in [6.45, 7) is 12.7. The first-order valence-corrected chi connectivity index (χ1v) is 21.4. The molecule has 0 aliphatic heterocycles. The van der Waals surface area contributed by atoms with Crippen LogP contribution in [0.15, 0.2) is 0 Å². The summed E-state index contributed by atoms with van der Waals surface area (Å²) in [5.74, 6) is -8.10. The molecule has 2 unspecified atom stereocenters. The number of rotatable bonds is 24. The fourth-order valence-electron chi connectivity index (χ4n) is 6.90. The Labute approximate surface area is 348 Å². The highest BCUT2D eigenvalue weighted by atomic mass is 19.4. The Morgan fingerprint density at radius 1 is 0.467 bits per heavy atom. The van der Waals surface area contributed by atoms with Crippen LogP contribution >= 0.6 is 0 Å². The van der Waals surface area contributed by atoms with Crippen LogP contribution in [0.4, 0.5) is 52.7 Å². The lowest BCUT2D eigenvalue weighted by atomic mass is 9.65. The van der Waals surface area contributed by atoms with Crippen molar-refractivity contribution in [2.24, 2.45) is 22.7 Å². The number of hydrogen-bond acceptors (Lipinski definition) is 6. The minimum absolute atomic E-state index is 0.0184. The number of esters is 2. The SMILES string of the molecule is CCC(C)(C)C(=O)OC1CC(C(O)(C(F)(F)F)C(F)(F)F)CC(C(O)(C(F)(F)F)C(F)(F)F)C1.CCCCCCCCCCCCCCCCCCOC(=O)C(C)(C)CC. The number of alkyl halides is 12. The Balaban J connectivity index is 0.00000121. The van der Waals surface area contributed by atoms with Gasteiger partial charge in [-0.15, -0.1) is 0 Å². The number of halogens is 12. The Hall–Kier alpha value is -1.98. The van der Waals surface area contributed by atoms with Crippen LogP contribution in [0.5, 0.6) is 0 Å². The molecule has 2 N–H and O–H groups in total. The molecule has 6 nitrogen and oxygen atoms in total. The molecule has 1 saturated carbocycles. The zero-order chi connectivity index (χ0) is 46.9. The average molecular weight is 899 g/mol. The first-order chi connectivity index (χ1) is 27.3. The number of aliphatic hydroxyl groups is 2. The number of ether oxygens (including phenoxy) is 2. The van der Waals surface area contributed by atoms with Crippen molar-refractivity contribution in [1.82, 2.24) is 0 Å². The van der Waals surface area contributed by atoms with Gasteiger partial charge in [-0.05, 0) is 66.2 Å². The molecule has 0 bridgehead atoms. The van der Waals surface area contributed by atoms with Crippen LogP contribution in [-0.4, -0.2) is 70.8 Å². The second-order valence-corrected chi connectivity index (χ2v) is 17.6. The molecule has 1 aliphatic rings. The van der Waals surface area contributed by atoms with Gasteiger partial charge in [0, 0.05) is 11.8 Å². The Morgan fingerprint density at radius 2 is 0.750 bits per heavy atom. The maximum Gasteiger partial charge on any atom is 0.426 e. The van der Waals surface area contributed by atoms with E-state index in [1.165, 1.54) is 117 Å². The van der Waals surface area contributed by atoms with Gasteiger partial charge in [0.05, 0.1) is 17.4 Å². The maximum absolute atomic E-state index is 13.3. The monoisotopic (exact) mass is 898 g/mol. The lowest BCUT2D eigenvalue weighted by molar-refractivity contribution is -0.405. The average Bonchev–Trinajstić information content (AvgIpc) is 3.13. The van der Waals surface area contributed by atoms with E-state index >= 15 is 0 Å².